The summed E-state index contributed by atoms with van der Waals surface area (Å²) >= 11 is 0. The number of aliphatic carboxylic acids is 1. The number of carbonyl (C=O) groups is 2. The molecular weight excluding hydrogens is 1220 g/mol. The number of carboxylic acids is 1. The number of piperidine rings is 2. The van der Waals surface area contributed by atoms with Crippen LogP contribution in [0.2, 0.25) is 0 Å². The minimum Gasteiger partial charge on any atom is -0.480 e. The average Bonchev–Trinajstić information content (AvgIpc) is 1.76. The van der Waals surface area contributed by atoms with E-state index in [-0.39, 0.29) is 30.6 Å². The Morgan fingerprint density at radius 3 is 1.27 bits per heavy atom. The molecule has 0 amide bonds. The molecule has 6 fully saturated rings. The fourth-order valence-electron chi connectivity index (χ4n) is 16.0. The van der Waals surface area contributed by atoms with Crippen LogP contribution in [0.25, 0.3) is 67.4 Å². The molecule has 6 saturated heterocycles. The van der Waals surface area contributed by atoms with Crippen molar-refractivity contribution in [2.45, 2.75) is 155 Å². The van der Waals surface area contributed by atoms with E-state index in [1.165, 1.54) is 125 Å². The maximum atomic E-state index is 13.5. The van der Waals surface area contributed by atoms with Crippen molar-refractivity contribution in [2.24, 2.45) is 0 Å². The third kappa shape index (κ3) is 14.0. The first-order valence-corrected chi connectivity index (χ1v) is 34.0. The topological polar surface area (TPSA) is 154 Å². The minimum atomic E-state index is -3.03. The van der Waals surface area contributed by atoms with Crippen LogP contribution >= 0.6 is 0 Å². The Morgan fingerprint density at radius 2 is 0.874 bits per heavy atom. The lowest BCUT2D eigenvalue weighted by Gasteiger charge is -2.38. The summed E-state index contributed by atoms with van der Waals surface area (Å²) in [5, 5.41) is 9.63. The number of nitrogens with zero attached hydrogens (tertiary/aromatic N) is 8. The number of aromatic nitrogens is 2. The van der Waals surface area contributed by atoms with E-state index >= 15 is 0 Å². The number of carbonyl (C=O) groups excluding carboxylic acids is 1. The third-order valence-corrected chi connectivity index (χ3v) is 21.0. The zero-order chi connectivity index (χ0) is 66.0. The molecule has 2 atom stereocenters. The Balaban J connectivity index is 0.000000172. The third-order valence-electron chi connectivity index (χ3n) is 21.0. The molecule has 6 aromatic carbocycles. The van der Waals surface area contributed by atoms with Gasteiger partial charge in [-0.05, 0) is 225 Å². The second-order valence-corrected chi connectivity index (χ2v) is 26.5. The van der Waals surface area contributed by atoms with Crippen LogP contribution in [0, 0.1) is 27.7 Å². The fraction of sp³-hybridized carbons (Fsp3) is 0.467. The van der Waals surface area contributed by atoms with E-state index in [1.807, 2.05) is 29.2 Å². The van der Waals surface area contributed by atoms with Crippen LogP contribution in [-0.4, -0.2) is 157 Å². The van der Waals surface area contributed by atoms with Crippen LogP contribution in [0.3, 0.4) is 0 Å². The molecule has 8 aromatic rings. The number of anilines is 2. The van der Waals surface area contributed by atoms with Crippen LogP contribution in [0.15, 0.2) is 106 Å². The Kier molecular flexibility index (Phi) is 19.8. The second kappa shape index (κ2) is 28.7. The molecule has 1 N–H and O–H groups in total. The van der Waals surface area contributed by atoms with E-state index in [1.54, 1.807) is 17.0 Å². The van der Waals surface area contributed by atoms with Crippen LogP contribution in [0.4, 0.5) is 28.9 Å². The molecule has 14 rings (SSSR count). The summed E-state index contributed by atoms with van der Waals surface area (Å²) in [5.74, 6) is -0.460. The highest BCUT2D eigenvalue weighted by Gasteiger charge is 2.35. The van der Waals surface area contributed by atoms with Gasteiger partial charge in [0.15, 0.2) is 11.2 Å². The number of hydrogen-bond acceptors (Lipinski definition) is 15. The molecule has 8 heterocycles. The van der Waals surface area contributed by atoms with Gasteiger partial charge in [-0.3, -0.25) is 19.4 Å². The monoisotopic (exact) mass is 1300 g/mol. The summed E-state index contributed by atoms with van der Waals surface area (Å²) in [6.45, 7) is 13.4. The number of alkyl halides is 4. The van der Waals surface area contributed by atoms with Crippen molar-refractivity contribution in [3.05, 3.63) is 130 Å². The molecule has 6 aliphatic rings. The van der Waals surface area contributed by atoms with Crippen molar-refractivity contribution in [1.82, 2.24) is 29.6 Å². The van der Waals surface area contributed by atoms with Gasteiger partial charge in [0.2, 0.25) is 11.8 Å². The first-order valence-electron chi connectivity index (χ1n) is 34.0. The van der Waals surface area contributed by atoms with Gasteiger partial charge in [0.05, 0.1) is 7.11 Å². The first kappa shape index (κ1) is 65.6. The van der Waals surface area contributed by atoms with E-state index in [9.17, 15) is 32.3 Å². The Labute approximate surface area is 552 Å². The zero-order valence-electron chi connectivity index (χ0n) is 55.1. The molecule has 2 aromatic heterocycles. The van der Waals surface area contributed by atoms with Crippen LogP contribution < -0.4 is 19.3 Å². The number of methoxy groups -OCH3 is 1. The van der Waals surface area contributed by atoms with Crippen molar-refractivity contribution in [3.8, 4) is 56.7 Å². The molecule has 0 aliphatic carbocycles. The van der Waals surface area contributed by atoms with Crippen molar-refractivity contribution in [3.63, 3.8) is 0 Å². The minimum absolute atomic E-state index is 0.0121. The van der Waals surface area contributed by atoms with Gasteiger partial charge < -0.3 is 47.8 Å². The molecule has 502 valence electrons. The molecular formula is C75H86F4N8O8. The standard InChI is InChI=1S/C38H44F2N4O4.C37H42F2N4O4/c1-24-28(29-10-7-12-32(25(29)2)43-19-14-27(15-20-43)42-16-4-5-17-42)9-6-11-30(24)36-41-31-21-26(34(48-38(39)40)22-35(31)47-36)23-44-18-8-13-33(44)37(45)46-3;1-23-27(28-9-6-11-31(24(28)2)42-18-13-26(14-19-42)41-15-3-4-16-41)8-5-10-29(23)35-40-30-20-25(22-43-17-7-12-32(43)36(44)45)33(47-37(38)39)21-34(30)46-35/h6-7,9-12,21-22,27,33,38H,4-5,8,13-20,23H2,1-3H3;5-6,8-11,20-21,26,32,37H,3-4,7,12-19,22H2,1-2H3,(H,44,45)/t33-;32-/m00/s1. The van der Waals surface area contributed by atoms with Crippen molar-refractivity contribution in [1.29, 1.82) is 0 Å². The van der Waals surface area contributed by atoms with Crippen molar-refractivity contribution in [2.75, 3.05) is 82.4 Å². The summed E-state index contributed by atoms with van der Waals surface area (Å²) in [7, 11) is 1.36. The summed E-state index contributed by atoms with van der Waals surface area (Å²) in [5.41, 5.74) is 16.0. The number of fused-ring (bicyclic) bond motifs is 2. The first-order chi connectivity index (χ1) is 46.1. The molecule has 0 saturated carbocycles. The lowest BCUT2D eigenvalue weighted by Crippen LogP contribution is -2.44. The van der Waals surface area contributed by atoms with Crippen molar-refractivity contribution >= 4 is 45.5 Å². The van der Waals surface area contributed by atoms with Gasteiger partial charge in [0.1, 0.15) is 34.6 Å². The number of benzene rings is 6. The maximum Gasteiger partial charge on any atom is 0.387 e. The van der Waals surface area contributed by atoms with Gasteiger partial charge in [-0.25, -0.2) is 9.97 Å². The highest BCUT2D eigenvalue weighted by Crippen LogP contribution is 2.43. The molecule has 20 heteroatoms. The lowest BCUT2D eigenvalue weighted by molar-refractivity contribution is -0.146. The Hall–Kier alpha value is -8.04. The number of halogens is 4. The predicted octanol–water partition coefficient (Wildman–Crippen LogP) is 15.1. The number of hydrogen-bond donors (Lipinski definition) is 1. The van der Waals surface area contributed by atoms with Crippen LogP contribution in [0.5, 0.6) is 11.5 Å². The fourth-order valence-corrected chi connectivity index (χ4v) is 16.0. The Morgan fingerprint density at radius 1 is 0.495 bits per heavy atom. The van der Waals surface area contributed by atoms with Gasteiger partial charge in [-0.2, -0.15) is 17.6 Å². The normalized spacial score (nSPS) is 19.7. The quantitative estimate of drug-likeness (QED) is 0.0639. The number of likely N-dealkylation sites (tertiary alicyclic amines) is 4. The molecule has 95 heavy (non-hydrogen) atoms. The number of oxazole rings is 2. The van der Waals surface area contributed by atoms with Crippen LogP contribution in [-0.2, 0) is 27.4 Å². The molecule has 16 nitrogen and oxygen atoms in total. The lowest BCUT2D eigenvalue weighted by atomic mass is 9.92. The van der Waals surface area contributed by atoms with Crippen molar-refractivity contribution < 1.29 is 55.3 Å². The second-order valence-electron chi connectivity index (χ2n) is 26.5. The van der Waals surface area contributed by atoms with E-state index in [2.05, 4.69) is 95.8 Å². The number of ether oxygens (including phenoxy) is 3. The molecule has 0 unspecified atom stereocenters. The largest absolute Gasteiger partial charge is 0.480 e. The van der Waals surface area contributed by atoms with Gasteiger partial charge in [-0.1, -0.05) is 48.5 Å². The van der Waals surface area contributed by atoms with E-state index in [4.69, 9.17) is 33.0 Å². The highest BCUT2D eigenvalue weighted by molar-refractivity contribution is 5.86. The van der Waals surface area contributed by atoms with Gasteiger partial charge >= 0.3 is 25.2 Å². The van der Waals surface area contributed by atoms with Gasteiger partial charge in [0, 0.05) is 97.1 Å². The number of rotatable bonds is 18. The van der Waals surface area contributed by atoms with E-state index < -0.39 is 31.3 Å². The molecule has 0 spiro atoms. The molecule has 6 aliphatic heterocycles. The zero-order valence-corrected chi connectivity index (χ0v) is 55.1. The van der Waals surface area contributed by atoms with Gasteiger partial charge in [-0.15, -0.1) is 0 Å². The summed E-state index contributed by atoms with van der Waals surface area (Å²) in [6, 6.07) is 31.9. The number of esters is 1. The van der Waals surface area contributed by atoms with Gasteiger partial charge in [0.25, 0.3) is 0 Å². The Bertz CT molecular complexity index is 4050. The summed E-state index contributed by atoms with van der Waals surface area (Å²) in [4.78, 5) is 47.9. The SMILES string of the molecule is COC(=O)[C@@H]1CCCN1Cc1cc2nc(-c3cccc(-c4cccc(N5CCC(N6CCCC6)CC5)c4C)c3C)oc2cc1OC(F)F.Cc1c(-c2nc3cc(CN4CCC[C@H]4C(=O)O)c(OC(F)F)cc3o2)cccc1-c1cccc(N2CCC(N3CCCC3)CC2)c1C. The average molecular weight is 1300 g/mol. The molecule has 0 radical (unpaired) electrons. The smallest absolute Gasteiger partial charge is 0.387 e. The summed E-state index contributed by atoms with van der Waals surface area (Å²) < 4.78 is 81.0. The summed E-state index contributed by atoms with van der Waals surface area (Å²) in [6.07, 6.45) is 12.8. The van der Waals surface area contributed by atoms with E-state index in [0.29, 0.717) is 83.1 Å². The van der Waals surface area contributed by atoms with Crippen LogP contribution in [0.1, 0.15) is 110 Å². The van der Waals surface area contributed by atoms with E-state index in [0.717, 1.165) is 78.0 Å². The highest BCUT2D eigenvalue weighted by atomic mass is 19.3. The number of carboxylic acid groups (broad SMARTS) is 1. The predicted molar refractivity (Wildman–Crippen MR) is 361 cm³/mol. The maximum absolute atomic E-state index is 13.5. The molecule has 0 bridgehead atoms.